The largest absolute Gasteiger partial charge is 0.466 e. The van der Waals surface area contributed by atoms with Crippen molar-refractivity contribution in [2.75, 3.05) is 27.3 Å². The van der Waals surface area contributed by atoms with Crippen LogP contribution < -0.4 is 5.32 Å². The second-order valence-electron chi connectivity index (χ2n) is 10.5. The normalized spacial score (nSPS) is 15.7. The minimum atomic E-state index is -1.41. The van der Waals surface area contributed by atoms with Crippen LogP contribution in [0.1, 0.15) is 44.7 Å². The van der Waals surface area contributed by atoms with E-state index >= 15 is 4.39 Å². The zero-order valence-corrected chi connectivity index (χ0v) is 23.0. The van der Waals surface area contributed by atoms with Gasteiger partial charge in [0.05, 0.1) is 41.3 Å². The molecule has 1 heterocycles. The van der Waals surface area contributed by atoms with Crippen LogP contribution in [0.5, 0.6) is 0 Å². The molecule has 0 aromatic heterocycles. The average molecular weight is 540 g/mol. The minimum Gasteiger partial charge on any atom is -0.466 e. The summed E-state index contributed by atoms with van der Waals surface area (Å²) in [6.07, 6.45) is 0. The van der Waals surface area contributed by atoms with E-state index in [4.69, 9.17) is 9.47 Å². The number of nitrogens with zero attached hydrogens (tertiary/aromatic N) is 2. The number of allylic oxidation sites excluding steroid dienone is 2. The first kappa shape index (κ1) is 29.5. The predicted octanol–water partition coefficient (Wildman–Crippen LogP) is 4.84. The summed E-state index contributed by atoms with van der Waals surface area (Å²) in [6.45, 7) is 8.36. The molecule has 1 aliphatic heterocycles. The SMILES string of the molecule is COC(=O)C1=C(C)NC(C)=C(C(=O)OCC(C)(C)CN(C)Cc2ccccc2)C1c1c(F)cccc1[N+](=O)[O-]. The van der Waals surface area contributed by atoms with Gasteiger partial charge in [-0.3, -0.25) is 10.1 Å². The summed E-state index contributed by atoms with van der Waals surface area (Å²) in [5.74, 6) is -3.98. The maximum absolute atomic E-state index is 15.2. The number of methoxy groups -OCH3 is 1. The summed E-state index contributed by atoms with van der Waals surface area (Å²) < 4.78 is 25.9. The molecule has 0 amide bonds. The molecular formula is C29H34FN3O6. The predicted molar refractivity (Wildman–Crippen MR) is 144 cm³/mol. The van der Waals surface area contributed by atoms with Crippen LogP contribution in [0.3, 0.4) is 0 Å². The van der Waals surface area contributed by atoms with Crippen molar-refractivity contribution >= 4 is 17.6 Å². The summed E-state index contributed by atoms with van der Waals surface area (Å²) in [4.78, 5) is 39.6. The van der Waals surface area contributed by atoms with E-state index in [9.17, 15) is 19.7 Å². The van der Waals surface area contributed by atoms with Gasteiger partial charge in [0.1, 0.15) is 5.82 Å². The van der Waals surface area contributed by atoms with Gasteiger partial charge in [0.2, 0.25) is 0 Å². The van der Waals surface area contributed by atoms with Gasteiger partial charge < -0.3 is 19.7 Å². The third kappa shape index (κ3) is 6.88. The average Bonchev–Trinajstić information content (AvgIpc) is 2.86. The van der Waals surface area contributed by atoms with Crippen LogP contribution in [0.4, 0.5) is 10.1 Å². The lowest BCUT2D eigenvalue weighted by Crippen LogP contribution is -2.37. The number of dihydropyridines is 1. The van der Waals surface area contributed by atoms with Crippen LogP contribution >= 0.6 is 0 Å². The van der Waals surface area contributed by atoms with Gasteiger partial charge in [0, 0.05) is 36.0 Å². The van der Waals surface area contributed by atoms with Gasteiger partial charge in [0.25, 0.3) is 5.69 Å². The van der Waals surface area contributed by atoms with Crippen molar-refractivity contribution in [2.24, 2.45) is 5.41 Å². The molecule has 9 nitrogen and oxygen atoms in total. The molecule has 0 spiro atoms. The first-order chi connectivity index (χ1) is 18.4. The van der Waals surface area contributed by atoms with Crippen LogP contribution in [-0.4, -0.2) is 49.1 Å². The quantitative estimate of drug-likeness (QED) is 0.259. The maximum atomic E-state index is 15.2. The summed E-state index contributed by atoms with van der Waals surface area (Å²) >= 11 is 0. The molecule has 2 aromatic carbocycles. The number of carbonyl (C=O) groups excluding carboxylic acids is 2. The molecule has 0 fully saturated rings. The summed E-state index contributed by atoms with van der Waals surface area (Å²) in [5, 5.41) is 14.8. The third-order valence-corrected chi connectivity index (χ3v) is 6.49. The summed E-state index contributed by atoms with van der Waals surface area (Å²) in [6, 6.07) is 13.4. The summed E-state index contributed by atoms with van der Waals surface area (Å²) in [7, 11) is 3.12. The monoisotopic (exact) mass is 539 g/mol. The first-order valence-electron chi connectivity index (χ1n) is 12.5. The van der Waals surface area contributed by atoms with Crippen LogP contribution in [0, 0.1) is 21.3 Å². The van der Waals surface area contributed by atoms with E-state index in [2.05, 4.69) is 10.2 Å². The topological polar surface area (TPSA) is 111 Å². The zero-order valence-electron chi connectivity index (χ0n) is 23.0. The van der Waals surface area contributed by atoms with Crippen molar-refractivity contribution in [2.45, 2.75) is 40.2 Å². The van der Waals surface area contributed by atoms with Crippen LogP contribution in [0.2, 0.25) is 0 Å². The molecule has 0 bridgehead atoms. The van der Waals surface area contributed by atoms with E-state index < -0.39 is 45.3 Å². The van der Waals surface area contributed by atoms with E-state index in [0.29, 0.717) is 24.5 Å². The minimum absolute atomic E-state index is 0.0179. The lowest BCUT2D eigenvalue weighted by molar-refractivity contribution is -0.385. The van der Waals surface area contributed by atoms with Gasteiger partial charge >= 0.3 is 11.9 Å². The molecule has 10 heteroatoms. The number of halogens is 1. The molecule has 0 saturated heterocycles. The Balaban J connectivity index is 1.92. The Hall–Kier alpha value is -4.05. The maximum Gasteiger partial charge on any atom is 0.336 e. The first-order valence-corrected chi connectivity index (χ1v) is 12.5. The highest BCUT2D eigenvalue weighted by molar-refractivity contribution is 6.00. The van der Waals surface area contributed by atoms with Gasteiger partial charge in [-0.25, -0.2) is 14.0 Å². The number of nitrogens with one attached hydrogen (secondary N) is 1. The lowest BCUT2D eigenvalue weighted by Gasteiger charge is -2.32. The van der Waals surface area contributed by atoms with E-state index in [1.807, 2.05) is 51.2 Å². The highest BCUT2D eigenvalue weighted by atomic mass is 19.1. The molecule has 1 aliphatic rings. The van der Waals surface area contributed by atoms with Crippen LogP contribution in [0.15, 0.2) is 71.1 Å². The molecule has 3 rings (SSSR count). The molecule has 0 aliphatic carbocycles. The van der Waals surface area contributed by atoms with Gasteiger partial charge in [-0.1, -0.05) is 50.2 Å². The van der Waals surface area contributed by atoms with Crippen molar-refractivity contribution < 1.29 is 28.4 Å². The molecule has 208 valence electrons. The number of nitro groups is 1. The third-order valence-electron chi connectivity index (χ3n) is 6.49. The number of carbonyl (C=O) groups is 2. The smallest absolute Gasteiger partial charge is 0.336 e. The fraction of sp³-hybridized carbons (Fsp3) is 0.379. The second kappa shape index (κ2) is 12.2. The fourth-order valence-electron chi connectivity index (χ4n) is 4.97. The number of esters is 2. The molecule has 0 radical (unpaired) electrons. The Bertz CT molecular complexity index is 1320. The van der Waals surface area contributed by atoms with Gasteiger partial charge in [-0.15, -0.1) is 0 Å². The molecule has 2 aromatic rings. The van der Waals surface area contributed by atoms with Gasteiger partial charge in [-0.2, -0.15) is 0 Å². The number of hydrogen-bond donors (Lipinski definition) is 1. The zero-order chi connectivity index (χ0) is 28.9. The van der Waals surface area contributed by atoms with E-state index in [1.54, 1.807) is 13.8 Å². The Morgan fingerprint density at radius 3 is 2.26 bits per heavy atom. The summed E-state index contributed by atoms with van der Waals surface area (Å²) in [5.41, 5.74) is 0.107. The molecule has 39 heavy (non-hydrogen) atoms. The van der Waals surface area contributed by atoms with Crippen LogP contribution in [0.25, 0.3) is 0 Å². The number of nitro benzene ring substituents is 1. The Morgan fingerprint density at radius 2 is 1.67 bits per heavy atom. The number of rotatable bonds is 10. The second-order valence-corrected chi connectivity index (χ2v) is 10.5. The van der Waals surface area contributed by atoms with Crippen molar-refractivity contribution in [3.8, 4) is 0 Å². The van der Waals surface area contributed by atoms with Crippen LogP contribution in [-0.2, 0) is 25.6 Å². The standard InChI is InChI=1S/C29H34FN3O6/c1-18-23(27(34)38-6)26(25-21(30)13-10-14-22(25)33(36)37)24(19(2)31-18)28(35)39-17-29(3,4)16-32(5)15-20-11-8-7-9-12-20/h7-14,26,31H,15-17H2,1-6H3. The molecule has 1 unspecified atom stereocenters. The molecule has 1 N–H and O–H groups in total. The Labute approximate surface area is 227 Å². The highest BCUT2D eigenvalue weighted by Gasteiger charge is 2.42. The van der Waals surface area contributed by atoms with E-state index in [1.165, 1.54) is 6.07 Å². The molecule has 0 saturated carbocycles. The number of ether oxygens (including phenoxy) is 2. The van der Waals surface area contributed by atoms with E-state index in [-0.39, 0.29) is 17.8 Å². The Kier molecular flexibility index (Phi) is 9.24. The van der Waals surface area contributed by atoms with Crippen molar-refractivity contribution in [1.29, 1.82) is 0 Å². The number of benzene rings is 2. The highest BCUT2D eigenvalue weighted by Crippen LogP contribution is 2.43. The fourth-order valence-corrected chi connectivity index (χ4v) is 4.97. The van der Waals surface area contributed by atoms with E-state index in [0.717, 1.165) is 24.8 Å². The van der Waals surface area contributed by atoms with Crippen molar-refractivity contribution in [1.82, 2.24) is 10.2 Å². The van der Waals surface area contributed by atoms with Gasteiger partial charge in [0.15, 0.2) is 0 Å². The number of hydrogen-bond acceptors (Lipinski definition) is 8. The lowest BCUT2D eigenvalue weighted by atomic mass is 9.79. The molecular weight excluding hydrogens is 505 g/mol. The van der Waals surface area contributed by atoms with Gasteiger partial charge in [-0.05, 0) is 32.5 Å². The van der Waals surface area contributed by atoms with Crippen molar-refractivity contribution in [3.05, 3.63) is 98.1 Å². The van der Waals surface area contributed by atoms with Crippen molar-refractivity contribution in [3.63, 3.8) is 0 Å². The Morgan fingerprint density at radius 1 is 1.05 bits per heavy atom. The molecule has 1 atom stereocenters.